The summed E-state index contributed by atoms with van der Waals surface area (Å²) in [6, 6.07) is 8.01. The quantitative estimate of drug-likeness (QED) is 0.769. The van der Waals surface area contributed by atoms with Crippen LogP contribution in [0.1, 0.15) is 12.0 Å². The molecule has 1 atom stereocenters. The van der Waals surface area contributed by atoms with Crippen molar-refractivity contribution in [1.82, 2.24) is 0 Å². The van der Waals surface area contributed by atoms with Gasteiger partial charge in [-0.25, -0.2) is 0 Å². The monoisotopic (exact) mass is 224 g/mol. The summed E-state index contributed by atoms with van der Waals surface area (Å²) >= 11 is 5.84. The molecular weight excluding hydrogens is 212 g/mol. The van der Waals surface area contributed by atoms with Gasteiger partial charge < -0.3 is 9.47 Å². The van der Waals surface area contributed by atoms with E-state index in [9.17, 15) is 0 Å². The summed E-state index contributed by atoms with van der Waals surface area (Å²) in [6.45, 7) is 1.49. The zero-order chi connectivity index (χ0) is 10.3. The van der Waals surface area contributed by atoms with Crippen LogP contribution in [0.25, 0.3) is 0 Å². The van der Waals surface area contributed by atoms with Crippen molar-refractivity contribution < 1.29 is 9.47 Å². The molecule has 0 bridgehead atoms. The second-order valence-corrected chi connectivity index (χ2v) is 4.68. The van der Waals surface area contributed by atoms with Crippen molar-refractivity contribution in [3.8, 4) is 0 Å². The molecule has 1 heterocycles. The van der Waals surface area contributed by atoms with E-state index in [2.05, 4.69) is 12.1 Å². The molecule has 2 nitrogen and oxygen atoms in total. The second-order valence-electron chi connectivity index (χ2n) is 4.24. The number of benzene rings is 1. The van der Waals surface area contributed by atoms with Crippen LogP contribution in [0.2, 0.25) is 5.02 Å². The highest BCUT2D eigenvalue weighted by Crippen LogP contribution is 2.51. The van der Waals surface area contributed by atoms with Crippen molar-refractivity contribution in [3.05, 3.63) is 34.9 Å². The molecule has 80 valence electrons. The molecule has 1 saturated heterocycles. The van der Waals surface area contributed by atoms with E-state index in [1.807, 2.05) is 12.1 Å². The van der Waals surface area contributed by atoms with Crippen LogP contribution in [0.5, 0.6) is 0 Å². The second kappa shape index (κ2) is 3.48. The zero-order valence-electron chi connectivity index (χ0n) is 8.41. The highest BCUT2D eigenvalue weighted by molar-refractivity contribution is 6.30. The lowest BCUT2D eigenvalue weighted by Gasteiger charge is -2.08. The molecule has 3 rings (SSSR count). The molecule has 15 heavy (non-hydrogen) atoms. The van der Waals surface area contributed by atoms with Gasteiger partial charge in [0.25, 0.3) is 0 Å². The maximum atomic E-state index is 5.84. The molecule has 1 aliphatic heterocycles. The van der Waals surface area contributed by atoms with Gasteiger partial charge in [0, 0.05) is 17.4 Å². The summed E-state index contributed by atoms with van der Waals surface area (Å²) in [5, 5.41) is 0.789. The number of ether oxygens (including phenoxy) is 2. The molecule has 0 unspecified atom stereocenters. The first-order chi connectivity index (χ1) is 7.28. The van der Waals surface area contributed by atoms with Gasteiger partial charge in [0.15, 0.2) is 5.79 Å². The first-order valence-electron chi connectivity index (χ1n) is 5.31. The number of halogens is 1. The molecule has 1 aromatic carbocycles. The normalized spacial score (nSPS) is 27.1. The lowest BCUT2D eigenvalue weighted by Crippen LogP contribution is -2.13. The van der Waals surface area contributed by atoms with Crippen molar-refractivity contribution in [2.45, 2.75) is 18.6 Å². The molecule has 1 aromatic rings. The Morgan fingerprint density at radius 1 is 1.20 bits per heavy atom. The molecule has 1 saturated carbocycles. The van der Waals surface area contributed by atoms with E-state index in [0.717, 1.165) is 31.1 Å². The SMILES string of the molecule is Clc1ccc(C[C@@H]2CC23OCCO3)cc1. The molecule has 3 heteroatoms. The topological polar surface area (TPSA) is 18.5 Å². The third kappa shape index (κ3) is 1.78. The summed E-state index contributed by atoms with van der Waals surface area (Å²) in [7, 11) is 0. The van der Waals surface area contributed by atoms with Gasteiger partial charge in [-0.3, -0.25) is 0 Å². The summed E-state index contributed by atoms with van der Waals surface area (Å²) in [4.78, 5) is 0. The first-order valence-corrected chi connectivity index (χ1v) is 5.69. The van der Waals surface area contributed by atoms with E-state index in [1.54, 1.807) is 0 Å². The summed E-state index contributed by atoms with van der Waals surface area (Å²) in [5.41, 5.74) is 1.31. The Hall–Kier alpha value is -0.570. The number of rotatable bonds is 2. The highest BCUT2D eigenvalue weighted by atomic mass is 35.5. The standard InChI is InChI=1S/C12H13ClO2/c13-11-3-1-9(2-4-11)7-10-8-12(10)14-5-6-15-12/h1-4,10H,5-8H2/t10-/m1/s1. The predicted molar refractivity (Wildman–Crippen MR) is 57.9 cm³/mol. The Labute approximate surface area is 94.1 Å². The smallest absolute Gasteiger partial charge is 0.172 e. The molecule has 0 N–H and O–H groups in total. The van der Waals surface area contributed by atoms with Gasteiger partial charge in [0.2, 0.25) is 0 Å². The minimum Gasteiger partial charge on any atom is -0.347 e. The van der Waals surface area contributed by atoms with E-state index >= 15 is 0 Å². The Morgan fingerprint density at radius 3 is 2.53 bits per heavy atom. The average Bonchev–Trinajstić information content (AvgIpc) is 2.69. The van der Waals surface area contributed by atoms with Gasteiger partial charge in [-0.05, 0) is 24.1 Å². The zero-order valence-corrected chi connectivity index (χ0v) is 9.17. The van der Waals surface area contributed by atoms with E-state index in [0.29, 0.717) is 5.92 Å². The van der Waals surface area contributed by atoms with Crippen LogP contribution in [-0.4, -0.2) is 19.0 Å². The fraction of sp³-hybridized carbons (Fsp3) is 0.500. The van der Waals surface area contributed by atoms with Crippen LogP contribution < -0.4 is 0 Å². The minimum absolute atomic E-state index is 0.223. The van der Waals surface area contributed by atoms with Crippen molar-refractivity contribution in [2.24, 2.45) is 5.92 Å². The van der Waals surface area contributed by atoms with E-state index in [-0.39, 0.29) is 5.79 Å². The van der Waals surface area contributed by atoms with Crippen molar-refractivity contribution in [2.75, 3.05) is 13.2 Å². The average molecular weight is 225 g/mol. The number of hydrogen-bond acceptors (Lipinski definition) is 2. The molecule has 0 aromatic heterocycles. The third-order valence-electron chi connectivity index (χ3n) is 3.16. The Balaban J connectivity index is 1.65. The molecule has 1 aliphatic carbocycles. The maximum Gasteiger partial charge on any atom is 0.172 e. The summed E-state index contributed by atoms with van der Waals surface area (Å²) < 4.78 is 11.2. The molecule has 1 spiro atoms. The molecule has 2 fully saturated rings. The first kappa shape index (κ1) is 9.64. The van der Waals surface area contributed by atoms with Gasteiger partial charge in [-0.15, -0.1) is 0 Å². The fourth-order valence-corrected chi connectivity index (χ4v) is 2.37. The van der Waals surface area contributed by atoms with E-state index in [1.165, 1.54) is 5.56 Å². The summed E-state index contributed by atoms with van der Waals surface area (Å²) in [5.74, 6) is 0.306. The largest absolute Gasteiger partial charge is 0.347 e. The van der Waals surface area contributed by atoms with Crippen LogP contribution in [-0.2, 0) is 15.9 Å². The third-order valence-corrected chi connectivity index (χ3v) is 3.42. The van der Waals surface area contributed by atoms with Crippen LogP contribution >= 0.6 is 11.6 Å². The van der Waals surface area contributed by atoms with Crippen LogP contribution in [0.15, 0.2) is 24.3 Å². The molecule has 2 aliphatic rings. The lowest BCUT2D eigenvalue weighted by molar-refractivity contribution is -0.0820. The minimum atomic E-state index is -0.223. The van der Waals surface area contributed by atoms with Gasteiger partial charge >= 0.3 is 0 Å². The molecule has 0 radical (unpaired) electrons. The van der Waals surface area contributed by atoms with Gasteiger partial charge in [0.1, 0.15) is 0 Å². The summed E-state index contributed by atoms with van der Waals surface area (Å²) in [6.07, 6.45) is 2.06. The number of hydrogen-bond donors (Lipinski definition) is 0. The molecule has 0 amide bonds. The van der Waals surface area contributed by atoms with Gasteiger partial charge in [-0.1, -0.05) is 23.7 Å². The maximum absolute atomic E-state index is 5.84. The molecular formula is C12H13ClO2. The highest BCUT2D eigenvalue weighted by Gasteiger charge is 2.59. The Bertz CT molecular complexity index is 354. The lowest BCUT2D eigenvalue weighted by atomic mass is 10.1. The predicted octanol–water partition coefficient (Wildman–Crippen LogP) is 2.65. The Morgan fingerprint density at radius 2 is 1.87 bits per heavy atom. The Kier molecular flexibility index (Phi) is 2.23. The van der Waals surface area contributed by atoms with Crippen molar-refractivity contribution in [1.29, 1.82) is 0 Å². The van der Waals surface area contributed by atoms with Crippen molar-refractivity contribution >= 4 is 11.6 Å². The fourth-order valence-electron chi connectivity index (χ4n) is 2.24. The van der Waals surface area contributed by atoms with E-state index in [4.69, 9.17) is 21.1 Å². The van der Waals surface area contributed by atoms with Crippen LogP contribution in [0.4, 0.5) is 0 Å². The van der Waals surface area contributed by atoms with Gasteiger partial charge in [0.05, 0.1) is 13.2 Å². The van der Waals surface area contributed by atoms with Crippen molar-refractivity contribution in [3.63, 3.8) is 0 Å². The van der Waals surface area contributed by atoms with Gasteiger partial charge in [-0.2, -0.15) is 0 Å². The van der Waals surface area contributed by atoms with E-state index < -0.39 is 0 Å². The van der Waals surface area contributed by atoms with Crippen LogP contribution in [0, 0.1) is 5.92 Å². The van der Waals surface area contributed by atoms with Crippen LogP contribution in [0.3, 0.4) is 0 Å².